The van der Waals surface area contributed by atoms with Gasteiger partial charge in [-0.2, -0.15) is 0 Å². The molecule has 4 nitrogen and oxygen atoms in total. The molecular weight excluding hydrogens is 347 g/mol. The lowest BCUT2D eigenvalue weighted by Crippen LogP contribution is -1.89. The predicted molar refractivity (Wildman–Crippen MR) is 111 cm³/mol. The molecule has 0 saturated carbocycles. The van der Waals surface area contributed by atoms with E-state index in [2.05, 4.69) is 50.4 Å². The fourth-order valence-corrected chi connectivity index (χ4v) is 2.63. The summed E-state index contributed by atoms with van der Waals surface area (Å²) >= 11 is 0. The predicted octanol–water partition coefficient (Wildman–Crippen LogP) is 6.63. The van der Waals surface area contributed by atoms with Crippen molar-refractivity contribution < 1.29 is 18.9 Å². The van der Waals surface area contributed by atoms with E-state index in [1.807, 2.05) is 6.92 Å². The van der Waals surface area contributed by atoms with Gasteiger partial charge in [0.1, 0.15) is 0 Å². The third-order valence-electron chi connectivity index (χ3n) is 4.33. The zero-order valence-electron chi connectivity index (χ0n) is 17.1. The van der Waals surface area contributed by atoms with Crippen molar-refractivity contribution in [3.8, 4) is 0 Å². The van der Waals surface area contributed by atoms with Gasteiger partial charge < -0.3 is 9.79 Å². The van der Waals surface area contributed by atoms with Crippen molar-refractivity contribution in [2.45, 2.75) is 79.6 Å². The maximum absolute atomic E-state index is 10.6. The van der Waals surface area contributed by atoms with Crippen molar-refractivity contribution >= 4 is 7.82 Å². The Morgan fingerprint density at radius 1 is 0.769 bits per heavy atom. The molecule has 5 heteroatoms. The molecule has 0 radical (unpaired) electrons. The van der Waals surface area contributed by atoms with Gasteiger partial charge in [0.05, 0.1) is 6.61 Å². The van der Waals surface area contributed by atoms with Crippen LogP contribution in [0.3, 0.4) is 0 Å². The second-order valence-corrected chi connectivity index (χ2v) is 8.20. The van der Waals surface area contributed by atoms with Crippen molar-refractivity contribution in [1.29, 1.82) is 0 Å². The summed E-state index contributed by atoms with van der Waals surface area (Å²) in [6, 6.07) is 0. The van der Waals surface area contributed by atoms with E-state index < -0.39 is 7.82 Å². The van der Waals surface area contributed by atoms with Crippen molar-refractivity contribution in [2.24, 2.45) is 0 Å². The lowest BCUT2D eigenvalue weighted by molar-refractivity contribution is 0.215. The normalized spacial score (nSPS) is 14.9. The van der Waals surface area contributed by atoms with Gasteiger partial charge in [-0.25, -0.2) is 4.57 Å². The Morgan fingerprint density at radius 2 is 1.15 bits per heavy atom. The SMILES string of the molecule is CC/C(C)=C\CC/C(C)=C/CC/C(C)=C/CC/C(C)=C/COP(=O)(O)O. The van der Waals surface area contributed by atoms with Gasteiger partial charge in [-0.15, -0.1) is 0 Å². The first-order valence-electron chi connectivity index (χ1n) is 9.46. The third-order valence-corrected chi connectivity index (χ3v) is 4.81. The van der Waals surface area contributed by atoms with Crippen LogP contribution in [-0.2, 0) is 9.09 Å². The van der Waals surface area contributed by atoms with E-state index in [1.165, 1.54) is 16.7 Å². The molecule has 0 rings (SSSR count). The summed E-state index contributed by atoms with van der Waals surface area (Å²) in [6.07, 6.45) is 16.0. The summed E-state index contributed by atoms with van der Waals surface area (Å²) in [5.74, 6) is 0. The summed E-state index contributed by atoms with van der Waals surface area (Å²) < 4.78 is 15.0. The average molecular weight is 384 g/mol. The van der Waals surface area contributed by atoms with Crippen LogP contribution in [0.25, 0.3) is 0 Å². The van der Waals surface area contributed by atoms with Crippen LogP contribution in [0.5, 0.6) is 0 Å². The Morgan fingerprint density at radius 3 is 1.54 bits per heavy atom. The number of hydrogen-bond donors (Lipinski definition) is 2. The molecule has 0 aromatic carbocycles. The molecular formula is C21H37O4P. The maximum Gasteiger partial charge on any atom is 0.469 e. The van der Waals surface area contributed by atoms with Crippen molar-refractivity contribution in [3.63, 3.8) is 0 Å². The summed E-state index contributed by atoms with van der Waals surface area (Å²) in [5.41, 5.74) is 5.39. The van der Waals surface area contributed by atoms with Gasteiger partial charge in [0.25, 0.3) is 0 Å². The van der Waals surface area contributed by atoms with Gasteiger partial charge in [-0.3, -0.25) is 4.52 Å². The summed E-state index contributed by atoms with van der Waals surface area (Å²) in [7, 11) is -4.36. The smallest absolute Gasteiger partial charge is 0.303 e. The molecule has 0 fully saturated rings. The molecule has 0 aliphatic carbocycles. The highest BCUT2D eigenvalue weighted by Crippen LogP contribution is 2.35. The number of hydrogen-bond acceptors (Lipinski definition) is 2. The molecule has 0 bridgehead atoms. The topological polar surface area (TPSA) is 66.8 Å². The van der Waals surface area contributed by atoms with Crippen molar-refractivity contribution in [1.82, 2.24) is 0 Å². The molecule has 0 aliphatic heterocycles. The van der Waals surface area contributed by atoms with Crippen molar-refractivity contribution in [2.75, 3.05) is 6.61 Å². The number of rotatable bonds is 13. The highest BCUT2D eigenvalue weighted by Gasteiger charge is 2.11. The molecule has 0 aliphatic rings. The van der Waals surface area contributed by atoms with Crippen LogP contribution in [0, 0.1) is 0 Å². The number of allylic oxidation sites excluding steroid dienone is 7. The Kier molecular flexibility index (Phi) is 13.7. The molecule has 0 saturated heterocycles. The summed E-state index contributed by atoms with van der Waals surface area (Å²) in [4.78, 5) is 17.3. The van der Waals surface area contributed by atoms with Crippen LogP contribution in [0.15, 0.2) is 46.6 Å². The minimum atomic E-state index is -4.36. The highest BCUT2D eigenvalue weighted by atomic mass is 31.2. The second-order valence-electron chi connectivity index (χ2n) is 6.96. The van der Waals surface area contributed by atoms with Crippen LogP contribution in [0.2, 0.25) is 0 Å². The quantitative estimate of drug-likeness (QED) is 0.276. The number of phosphoric ester groups is 1. The Labute approximate surface area is 160 Å². The number of phosphoric acid groups is 1. The van der Waals surface area contributed by atoms with Gasteiger partial charge in [-0.1, -0.05) is 53.5 Å². The van der Waals surface area contributed by atoms with Gasteiger partial charge in [0, 0.05) is 0 Å². The van der Waals surface area contributed by atoms with Gasteiger partial charge >= 0.3 is 7.82 Å². The lowest BCUT2D eigenvalue weighted by atomic mass is 10.0. The van der Waals surface area contributed by atoms with Crippen LogP contribution in [-0.4, -0.2) is 16.4 Å². The molecule has 0 spiro atoms. The van der Waals surface area contributed by atoms with Crippen LogP contribution >= 0.6 is 7.82 Å². The van der Waals surface area contributed by atoms with Gasteiger partial charge in [0.15, 0.2) is 0 Å². The van der Waals surface area contributed by atoms with E-state index in [1.54, 1.807) is 6.08 Å². The molecule has 0 atom stereocenters. The van der Waals surface area contributed by atoms with E-state index in [4.69, 9.17) is 9.79 Å². The summed E-state index contributed by atoms with van der Waals surface area (Å²) in [6.45, 7) is 10.7. The van der Waals surface area contributed by atoms with Crippen LogP contribution in [0.4, 0.5) is 0 Å². The molecule has 26 heavy (non-hydrogen) atoms. The van der Waals surface area contributed by atoms with E-state index in [-0.39, 0.29) is 6.61 Å². The minimum absolute atomic E-state index is 0.0458. The zero-order chi connectivity index (χ0) is 20.0. The first-order valence-corrected chi connectivity index (χ1v) is 11.0. The monoisotopic (exact) mass is 384 g/mol. The van der Waals surface area contributed by atoms with Gasteiger partial charge in [-0.05, 0) is 72.6 Å². The minimum Gasteiger partial charge on any atom is -0.303 e. The third kappa shape index (κ3) is 16.5. The Hall–Kier alpha value is -0.930. The molecule has 150 valence electrons. The standard InChI is InChI=1S/C21H37O4P/c1-6-18(2)10-7-11-19(3)12-8-13-20(4)14-9-15-21(5)16-17-25-26(22,23)24/h10,12,14,16H,6-9,11,13,15,17H2,1-5H3,(H2,22,23,24)/b18-10-,19-12+,20-14+,21-16+. The largest absolute Gasteiger partial charge is 0.469 e. The molecule has 2 N–H and O–H groups in total. The highest BCUT2D eigenvalue weighted by molar-refractivity contribution is 7.46. The lowest BCUT2D eigenvalue weighted by Gasteiger charge is -2.04. The van der Waals surface area contributed by atoms with E-state index in [0.717, 1.165) is 50.5 Å². The van der Waals surface area contributed by atoms with E-state index >= 15 is 0 Å². The first-order chi connectivity index (χ1) is 12.1. The Balaban J connectivity index is 4.05. The zero-order valence-corrected chi connectivity index (χ0v) is 18.0. The fraction of sp³-hybridized carbons (Fsp3) is 0.619. The molecule has 0 aromatic heterocycles. The summed E-state index contributed by atoms with van der Waals surface area (Å²) in [5, 5.41) is 0. The molecule has 0 amide bonds. The maximum atomic E-state index is 10.6. The average Bonchev–Trinajstić information content (AvgIpc) is 2.53. The first kappa shape index (κ1) is 25.1. The van der Waals surface area contributed by atoms with E-state index in [9.17, 15) is 4.57 Å². The molecule has 0 aromatic rings. The molecule has 0 unspecified atom stereocenters. The van der Waals surface area contributed by atoms with Crippen LogP contribution in [0.1, 0.15) is 79.6 Å². The fourth-order valence-electron chi connectivity index (χ4n) is 2.37. The van der Waals surface area contributed by atoms with Gasteiger partial charge in [0.2, 0.25) is 0 Å². The Bertz CT molecular complexity index is 565. The van der Waals surface area contributed by atoms with Crippen LogP contribution < -0.4 is 0 Å². The molecule has 0 heterocycles. The van der Waals surface area contributed by atoms with Crippen molar-refractivity contribution in [3.05, 3.63) is 46.6 Å². The van der Waals surface area contributed by atoms with E-state index in [0.29, 0.717) is 0 Å². The second kappa shape index (κ2) is 14.2.